The number of piperidine rings is 1. The Kier molecular flexibility index (Phi) is 3.94. The van der Waals surface area contributed by atoms with Gasteiger partial charge in [-0.05, 0) is 58.6 Å². The summed E-state index contributed by atoms with van der Waals surface area (Å²) in [5.74, 6) is 0.146. The molecule has 0 aromatic carbocycles. The van der Waals surface area contributed by atoms with Crippen LogP contribution in [-0.2, 0) is 6.42 Å². The zero-order chi connectivity index (χ0) is 15.9. The molecule has 1 fully saturated rings. The number of amides is 1. The number of likely N-dealkylation sites (tertiary alicyclic amines) is 1. The minimum atomic E-state index is 0.146. The van der Waals surface area contributed by atoms with Crippen LogP contribution in [0, 0.1) is 6.92 Å². The maximum Gasteiger partial charge on any atom is 0.255 e. The molecule has 0 bridgehead atoms. The third kappa shape index (κ3) is 2.40. The van der Waals surface area contributed by atoms with Gasteiger partial charge in [0.2, 0.25) is 0 Å². The fourth-order valence-corrected chi connectivity index (χ4v) is 3.64. The molecule has 3 rings (SSSR count). The summed E-state index contributed by atoms with van der Waals surface area (Å²) in [5, 5.41) is 0. The van der Waals surface area contributed by atoms with Gasteiger partial charge in [-0.15, -0.1) is 0 Å². The lowest BCUT2D eigenvalue weighted by atomic mass is 9.96. The van der Waals surface area contributed by atoms with Gasteiger partial charge in [-0.1, -0.05) is 6.92 Å². The Labute approximate surface area is 132 Å². The number of rotatable bonds is 2. The summed E-state index contributed by atoms with van der Waals surface area (Å²) in [6.07, 6.45) is 6.28. The van der Waals surface area contributed by atoms with Crippen molar-refractivity contribution in [2.75, 3.05) is 0 Å². The van der Waals surface area contributed by atoms with Crippen LogP contribution in [0.15, 0.2) is 18.3 Å². The minimum absolute atomic E-state index is 0.146. The molecular formula is C18H25N3O. The van der Waals surface area contributed by atoms with Gasteiger partial charge < -0.3 is 9.30 Å². The highest BCUT2D eigenvalue weighted by molar-refractivity contribution is 5.94. The number of aromatic nitrogens is 2. The van der Waals surface area contributed by atoms with Gasteiger partial charge in [0.05, 0.1) is 11.3 Å². The molecule has 118 valence electrons. The van der Waals surface area contributed by atoms with E-state index in [2.05, 4.69) is 37.6 Å². The first kappa shape index (κ1) is 15.1. The number of carbonyl (C=O) groups excluding carboxylic acids is 1. The number of imidazole rings is 1. The van der Waals surface area contributed by atoms with Crippen molar-refractivity contribution < 1.29 is 4.79 Å². The maximum absolute atomic E-state index is 12.9. The SMILES string of the molecule is CCc1nc2ccc(C(=O)N3C(C)CCCC3C)cn2c1C. The van der Waals surface area contributed by atoms with Crippen LogP contribution in [0.5, 0.6) is 0 Å². The summed E-state index contributed by atoms with van der Waals surface area (Å²) in [4.78, 5) is 19.6. The molecule has 1 aliphatic rings. The first-order valence-electron chi connectivity index (χ1n) is 8.33. The largest absolute Gasteiger partial charge is 0.333 e. The Bertz CT molecular complexity index is 694. The van der Waals surface area contributed by atoms with E-state index in [0.717, 1.165) is 41.9 Å². The van der Waals surface area contributed by atoms with E-state index in [0.29, 0.717) is 12.1 Å². The molecule has 0 N–H and O–H groups in total. The molecule has 22 heavy (non-hydrogen) atoms. The van der Waals surface area contributed by atoms with Crippen molar-refractivity contribution in [3.63, 3.8) is 0 Å². The predicted molar refractivity (Wildman–Crippen MR) is 88.3 cm³/mol. The van der Waals surface area contributed by atoms with Crippen molar-refractivity contribution in [3.8, 4) is 0 Å². The van der Waals surface area contributed by atoms with Gasteiger partial charge in [0.25, 0.3) is 5.91 Å². The van der Waals surface area contributed by atoms with Gasteiger partial charge >= 0.3 is 0 Å². The van der Waals surface area contributed by atoms with Crippen LogP contribution < -0.4 is 0 Å². The van der Waals surface area contributed by atoms with Gasteiger partial charge in [0.15, 0.2) is 0 Å². The number of hydrogen-bond donors (Lipinski definition) is 0. The van der Waals surface area contributed by atoms with Gasteiger partial charge in [-0.2, -0.15) is 0 Å². The summed E-state index contributed by atoms with van der Waals surface area (Å²) < 4.78 is 2.05. The van der Waals surface area contributed by atoms with E-state index >= 15 is 0 Å². The van der Waals surface area contributed by atoms with Crippen LogP contribution in [0.1, 0.15) is 61.8 Å². The average molecular weight is 299 g/mol. The Morgan fingerprint density at radius 2 is 1.95 bits per heavy atom. The molecule has 4 nitrogen and oxygen atoms in total. The topological polar surface area (TPSA) is 37.6 Å². The fourth-order valence-electron chi connectivity index (χ4n) is 3.64. The average Bonchev–Trinajstić information content (AvgIpc) is 2.83. The first-order valence-corrected chi connectivity index (χ1v) is 8.33. The van der Waals surface area contributed by atoms with Crippen molar-refractivity contribution in [3.05, 3.63) is 35.3 Å². The zero-order valence-electron chi connectivity index (χ0n) is 14.0. The summed E-state index contributed by atoms with van der Waals surface area (Å²) in [5.41, 5.74) is 3.91. The van der Waals surface area contributed by atoms with E-state index in [-0.39, 0.29) is 5.91 Å². The lowest BCUT2D eigenvalue weighted by Gasteiger charge is -2.39. The molecule has 0 aliphatic carbocycles. The van der Waals surface area contributed by atoms with Crippen molar-refractivity contribution in [1.29, 1.82) is 0 Å². The maximum atomic E-state index is 12.9. The number of hydrogen-bond acceptors (Lipinski definition) is 2. The van der Waals surface area contributed by atoms with Crippen LogP contribution in [-0.4, -0.2) is 32.3 Å². The second-order valence-electron chi connectivity index (χ2n) is 6.48. The molecule has 1 amide bonds. The smallest absolute Gasteiger partial charge is 0.255 e. The quantitative estimate of drug-likeness (QED) is 0.849. The number of carbonyl (C=O) groups is 1. The number of pyridine rings is 1. The number of fused-ring (bicyclic) bond motifs is 1. The molecular weight excluding hydrogens is 274 g/mol. The van der Waals surface area contributed by atoms with E-state index < -0.39 is 0 Å². The Balaban J connectivity index is 1.98. The number of nitrogens with zero attached hydrogens (tertiary/aromatic N) is 3. The second-order valence-corrected chi connectivity index (χ2v) is 6.48. The van der Waals surface area contributed by atoms with E-state index in [1.807, 2.05) is 22.7 Å². The van der Waals surface area contributed by atoms with Crippen LogP contribution in [0.25, 0.3) is 5.65 Å². The highest BCUT2D eigenvalue weighted by Gasteiger charge is 2.29. The molecule has 2 unspecified atom stereocenters. The van der Waals surface area contributed by atoms with Crippen molar-refractivity contribution in [2.24, 2.45) is 0 Å². The summed E-state index contributed by atoms with van der Waals surface area (Å²) in [6, 6.07) is 4.51. The molecule has 0 spiro atoms. The van der Waals surface area contributed by atoms with Crippen LogP contribution in [0.4, 0.5) is 0 Å². The number of aryl methyl sites for hydroxylation is 2. The standard InChI is InChI=1S/C18H25N3O/c1-5-16-14(4)20-11-15(9-10-17(20)19-16)18(22)21-12(2)7-6-8-13(21)3/h9-13H,5-8H2,1-4H3. The molecule has 4 heteroatoms. The monoisotopic (exact) mass is 299 g/mol. The Morgan fingerprint density at radius 1 is 1.27 bits per heavy atom. The van der Waals surface area contributed by atoms with Crippen LogP contribution in [0.2, 0.25) is 0 Å². The van der Waals surface area contributed by atoms with E-state index in [4.69, 9.17) is 0 Å². The second kappa shape index (κ2) is 5.75. The zero-order valence-corrected chi connectivity index (χ0v) is 14.0. The van der Waals surface area contributed by atoms with Crippen LogP contribution in [0.3, 0.4) is 0 Å². The van der Waals surface area contributed by atoms with Gasteiger partial charge in [0.1, 0.15) is 5.65 Å². The molecule has 1 saturated heterocycles. The van der Waals surface area contributed by atoms with E-state index in [9.17, 15) is 4.79 Å². The summed E-state index contributed by atoms with van der Waals surface area (Å²) >= 11 is 0. The third-order valence-electron chi connectivity index (χ3n) is 4.97. The van der Waals surface area contributed by atoms with Gasteiger partial charge in [0, 0.05) is 24.0 Å². The Hall–Kier alpha value is -1.84. The van der Waals surface area contributed by atoms with Crippen molar-refractivity contribution >= 4 is 11.6 Å². The molecule has 0 radical (unpaired) electrons. The van der Waals surface area contributed by atoms with Crippen molar-refractivity contribution in [1.82, 2.24) is 14.3 Å². The predicted octanol–water partition coefficient (Wildman–Crippen LogP) is 3.61. The third-order valence-corrected chi connectivity index (χ3v) is 4.97. The normalized spacial score (nSPS) is 22.3. The van der Waals surface area contributed by atoms with E-state index in [1.54, 1.807) is 0 Å². The lowest BCUT2D eigenvalue weighted by Crippen LogP contribution is -2.47. The summed E-state index contributed by atoms with van der Waals surface area (Å²) in [7, 11) is 0. The molecule has 2 atom stereocenters. The lowest BCUT2D eigenvalue weighted by molar-refractivity contribution is 0.0510. The highest BCUT2D eigenvalue weighted by atomic mass is 16.2. The molecule has 2 aromatic rings. The molecule has 3 heterocycles. The fraction of sp³-hybridized carbons (Fsp3) is 0.556. The highest BCUT2D eigenvalue weighted by Crippen LogP contribution is 2.25. The minimum Gasteiger partial charge on any atom is -0.333 e. The molecule has 0 saturated carbocycles. The van der Waals surface area contributed by atoms with Crippen molar-refractivity contribution in [2.45, 2.75) is 65.5 Å². The van der Waals surface area contributed by atoms with Gasteiger partial charge in [-0.25, -0.2) is 4.98 Å². The molecule has 1 aliphatic heterocycles. The first-order chi connectivity index (χ1) is 10.5. The summed E-state index contributed by atoms with van der Waals surface area (Å²) in [6.45, 7) is 8.49. The van der Waals surface area contributed by atoms with Gasteiger partial charge in [-0.3, -0.25) is 4.79 Å². The Morgan fingerprint density at radius 3 is 2.59 bits per heavy atom. The van der Waals surface area contributed by atoms with Crippen LogP contribution >= 0.6 is 0 Å². The van der Waals surface area contributed by atoms with E-state index in [1.165, 1.54) is 6.42 Å². The molecule has 2 aromatic heterocycles.